The molecule has 0 aliphatic carbocycles. The van der Waals surface area contributed by atoms with E-state index in [9.17, 15) is 13.2 Å². The van der Waals surface area contributed by atoms with Crippen LogP contribution in [0.15, 0.2) is 17.0 Å². The van der Waals surface area contributed by atoms with E-state index in [-0.39, 0.29) is 25.2 Å². The molecular weight excluding hydrogens is 504 g/mol. The zero-order chi connectivity index (χ0) is 27.3. The highest BCUT2D eigenvalue weighted by Crippen LogP contribution is 2.32. The number of piperazine rings is 1. The number of carbonyl (C=O) groups is 1. The predicted octanol–water partition coefficient (Wildman–Crippen LogP) is 2.36. The third-order valence-electron chi connectivity index (χ3n) is 8.42. The molecule has 214 valence electrons. The van der Waals surface area contributed by atoms with Crippen molar-refractivity contribution in [3.8, 4) is 5.75 Å². The molecule has 3 aliphatic rings. The first-order valence-corrected chi connectivity index (χ1v) is 15.6. The van der Waals surface area contributed by atoms with Crippen LogP contribution in [0.4, 0.5) is 0 Å². The smallest absolute Gasteiger partial charge is 0.248 e. The Morgan fingerprint density at radius 2 is 1.61 bits per heavy atom. The monoisotopic (exact) mass is 550 g/mol. The zero-order valence-corrected chi connectivity index (χ0v) is 24.5. The lowest BCUT2D eigenvalue weighted by molar-refractivity contribution is -0.138. The molecule has 9 nitrogen and oxygen atoms in total. The van der Waals surface area contributed by atoms with Gasteiger partial charge in [0.15, 0.2) is 0 Å². The number of ether oxygens (including phenoxy) is 2. The summed E-state index contributed by atoms with van der Waals surface area (Å²) in [6, 6.07) is 3.26. The molecule has 0 aromatic heterocycles. The van der Waals surface area contributed by atoms with Crippen LogP contribution in [0.25, 0.3) is 0 Å². The van der Waals surface area contributed by atoms with Gasteiger partial charge >= 0.3 is 0 Å². The average molecular weight is 551 g/mol. The van der Waals surface area contributed by atoms with Gasteiger partial charge in [-0.3, -0.25) is 9.69 Å². The van der Waals surface area contributed by atoms with Crippen molar-refractivity contribution in [2.24, 2.45) is 5.92 Å². The van der Waals surface area contributed by atoms with E-state index < -0.39 is 10.0 Å². The zero-order valence-electron chi connectivity index (χ0n) is 23.7. The van der Waals surface area contributed by atoms with Crippen molar-refractivity contribution in [2.75, 3.05) is 79.7 Å². The number of amides is 1. The average Bonchev–Trinajstić information content (AvgIpc) is 2.90. The number of rotatable bonds is 9. The highest BCUT2D eigenvalue weighted by atomic mass is 32.2. The fourth-order valence-corrected chi connectivity index (χ4v) is 8.27. The molecule has 1 aromatic carbocycles. The van der Waals surface area contributed by atoms with Crippen molar-refractivity contribution in [3.05, 3.63) is 23.3 Å². The number of benzene rings is 1. The van der Waals surface area contributed by atoms with Crippen molar-refractivity contribution in [1.29, 1.82) is 0 Å². The Kier molecular flexibility index (Phi) is 10.1. The normalized spacial score (nSPS) is 23.1. The second-order valence-corrected chi connectivity index (χ2v) is 13.1. The first kappa shape index (κ1) is 29.3. The molecule has 3 aliphatic heterocycles. The summed E-state index contributed by atoms with van der Waals surface area (Å²) in [5, 5.41) is 0. The van der Waals surface area contributed by atoms with Crippen LogP contribution in [-0.4, -0.2) is 119 Å². The Labute approximate surface area is 229 Å². The topological polar surface area (TPSA) is 82.6 Å². The van der Waals surface area contributed by atoms with E-state index in [1.54, 1.807) is 23.5 Å². The van der Waals surface area contributed by atoms with Crippen LogP contribution < -0.4 is 4.74 Å². The molecule has 0 N–H and O–H groups in total. The first-order valence-electron chi connectivity index (χ1n) is 14.1. The van der Waals surface area contributed by atoms with Crippen molar-refractivity contribution < 1.29 is 22.7 Å². The number of likely N-dealkylation sites (tertiary alicyclic amines) is 1. The maximum Gasteiger partial charge on any atom is 0.248 e. The van der Waals surface area contributed by atoms with Crippen LogP contribution in [0, 0.1) is 19.8 Å². The van der Waals surface area contributed by atoms with E-state index in [2.05, 4.69) is 16.8 Å². The molecule has 38 heavy (non-hydrogen) atoms. The van der Waals surface area contributed by atoms with Crippen molar-refractivity contribution in [2.45, 2.75) is 56.9 Å². The van der Waals surface area contributed by atoms with Gasteiger partial charge in [0.1, 0.15) is 12.4 Å². The van der Waals surface area contributed by atoms with Crippen LogP contribution >= 0.6 is 0 Å². The van der Waals surface area contributed by atoms with Gasteiger partial charge in [0.2, 0.25) is 15.9 Å². The Bertz CT molecular complexity index is 1030. The number of carbonyl (C=O) groups excluding carboxylic acids is 1. The second-order valence-electron chi connectivity index (χ2n) is 11.3. The molecule has 1 atom stereocenters. The molecule has 3 fully saturated rings. The van der Waals surface area contributed by atoms with Crippen LogP contribution in [0.2, 0.25) is 0 Å². The summed E-state index contributed by atoms with van der Waals surface area (Å²) in [5.74, 6) is 1.41. The lowest BCUT2D eigenvalue weighted by atomic mass is 9.96. The van der Waals surface area contributed by atoms with Gasteiger partial charge in [0, 0.05) is 45.3 Å². The molecule has 3 saturated heterocycles. The maximum absolute atomic E-state index is 13.7. The molecular formula is C28H46N4O5S. The Balaban J connectivity index is 1.27. The molecule has 3 heterocycles. The van der Waals surface area contributed by atoms with Crippen LogP contribution in [0.3, 0.4) is 0 Å². The van der Waals surface area contributed by atoms with Gasteiger partial charge in [-0.2, -0.15) is 4.31 Å². The number of hydrogen-bond acceptors (Lipinski definition) is 7. The largest absolute Gasteiger partial charge is 0.497 e. The maximum atomic E-state index is 13.7. The van der Waals surface area contributed by atoms with Crippen molar-refractivity contribution in [3.63, 3.8) is 0 Å². The highest BCUT2D eigenvalue weighted by molar-refractivity contribution is 7.89. The van der Waals surface area contributed by atoms with Crippen LogP contribution in [0.1, 0.15) is 43.2 Å². The standard InChI is InChI=1S/C28H46N4O5S/c1-22-17-26(36-4)18-23(2)28(22)38(34,35)32-10-6-5-7-25(32)20-37-21-27(33)31-15-13-30(14-16-31)19-24-8-11-29(3)12-9-24/h17-18,24-25H,5-16,19-21H2,1-4H3. The van der Waals surface area contributed by atoms with E-state index in [0.717, 1.165) is 57.9 Å². The van der Waals surface area contributed by atoms with Gasteiger partial charge in [0.05, 0.1) is 18.6 Å². The van der Waals surface area contributed by atoms with Gasteiger partial charge < -0.3 is 19.3 Å². The lowest BCUT2D eigenvalue weighted by Gasteiger charge is -2.38. The molecule has 4 rings (SSSR count). The van der Waals surface area contributed by atoms with Crippen LogP contribution in [-0.2, 0) is 19.6 Å². The summed E-state index contributed by atoms with van der Waals surface area (Å²) >= 11 is 0. The van der Waals surface area contributed by atoms with Gasteiger partial charge in [-0.1, -0.05) is 6.42 Å². The third kappa shape index (κ3) is 7.07. The number of methoxy groups -OCH3 is 1. The number of hydrogen-bond donors (Lipinski definition) is 0. The number of nitrogens with zero attached hydrogens (tertiary/aromatic N) is 4. The summed E-state index contributed by atoms with van der Waals surface area (Å²) in [4.78, 5) is 20.0. The van der Waals surface area contributed by atoms with E-state index in [1.807, 2.05) is 18.7 Å². The van der Waals surface area contributed by atoms with Gasteiger partial charge in [-0.05, 0) is 88.8 Å². The summed E-state index contributed by atoms with van der Waals surface area (Å²) in [5.41, 5.74) is 1.36. The molecule has 1 amide bonds. The van der Waals surface area contributed by atoms with Gasteiger partial charge in [0.25, 0.3) is 0 Å². The van der Waals surface area contributed by atoms with E-state index in [1.165, 1.54) is 25.9 Å². The Morgan fingerprint density at radius 3 is 2.24 bits per heavy atom. The summed E-state index contributed by atoms with van der Waals surface area (Å²) in [6.45, 7) is 11.1. The second kappa shape index (κ2) is 13.1. The van der Waals surface area contributed by atoms with Gasteiger partial charge in [-0.15, -0.1) is 0 Å². The fourth-order valence-electron chi connectivity index (χ4n) is 6.17. The Hall–Kier alpha value is -1.72. The van der Waals surface area contributed by atoms with E-state index >= 15 is 0 Å². The molecule has 1 unspecified atom stereocenters. The predicted molar refractivity (Wildman–Crippen MR) is 148 cm³/mol. The molecule has 0 spiro atoms. The quantitative estimate of drug-likeness (QED) is 0.467. The first-order chi connectivity index (χ1) is 18.2. The van der Waals surface area contributed by atoms with Crippen LogP contribution in [0.5, 0.6) is 5.75 Å². The highest BCUT2D eigenvalue weighted by Gasteiger charge is 2.36. The summed E-state index contributed by atoms with van der Waals surface area (Å²) in [7, 11) is 0.0761. The minimum atomic E-state index is -3.70. The summed E-state index contributed by atoms with van der Waals surface area (Å²) in [6.07, 6.45) is 5.03. The lowest BCUT2D eigenvalue weighted by Crippen LogP contribution is -2.51. The van der Waals surface area contributed by atoms with E-state index in [4.69, 9.17) is 9.47 Å². The minimum absolute atomic E-state index is 0.0000608. The number of piperidine rings is 2. The third-order valence-corrected chi connectivity index (χ3v) is 10.7. The molecule has 1 aromatic rings. The molecule has 10 heteroatoms. The fraction of sp³-hybridized carbons (Fsp3) is 0.750. The number of sulfonamides is 1. The van der Waals surface area contributed by atoms with Crippen molar-refractivity contribution in [1.82, 2.24) is 19.0 Å². The number of aryl methyl sites for hydroxylation is 2. The van der Waals surface area contributed by atoms with E-state index in [0.29, 0.717) is 28.3 Å². The molecule has 0 bridgehead atoms. The minimum Gasteiger partial charge on any atom is -0.497 e. The van der Waals surface area contributed by atoms with Gasteiger partial charge in [-0.25, -0.2) is 8.42 Å². The summed E-state index contributed by atoms with van der Waals surface area (Å²) < 4.78 is 40.2. The molecule has 0 saturated carbocycles. The molecule has 0 radical (unpaired) electrons. The van der Waals surface area contributed by atoms with Crippen molar-refractivity contribution >= 4 is 15.9 Å². The SMILES string of the molecule is COc1cc(C)c(S(=O)(=O)N2CCCCC2COCC(=O)N2CCN(CC3CCN(C)CC3)CC2)c(C)c1. The Morgan fingerprint density at radius 1 is 0.947 bits per heavy atom.